The molecule has 0 fully saturated rings. The summed E-state index contributed by atoms with van der Waals surface area (Å²) in [6.07, 6.45) is 1.88. The van der Waals surface area contributed by atoms with E-state index in [0.29, 0.717) is 5.82 Å². The Morgan fingerprint density at radius 1 is 1.38 bits per heavy atom. The van der Waals surface area contributed by atoms with Crippen molar-refractivity contribution in [3.8, 4) is 11.3 Å². The van der Waals surface area contributed by atoms with Crippen LogP contribution in [0, 0.1) is 13.8 Å². The molecule has 0 saturated heterocycles. The SMILES string of the molecule is CCCc1c(N)noc1-c1cc(C)oc1C. The number of hydrogen-bond acceptors (Lipinski definition) is 4. The Morgan fingerprint density at radius 3 is 2.69 bits per heavy atom. The highest BCUT2D eigenvalue weighted by molar-refractivity contribution is 5.68. The van der Waals surface area contributed by atoms with Gasteiger partial charge in [0.15, 0.2) is 11.6 Å². The fraction of sp³-hybridized carbons (Fsp3) is 0.417. The topological polar surface area (TPSA) is 65.2 Å². The maximum atomic E-state index is 5.79. The third kappa shape index (κ3) is 1.71. The van der Waals surface area contributed by atoms with Gasteiger partial charge in [0.25, 0.3) is 0 Å². The van der Waals surface area contributed by atoms with Crippen molar-refractivity contribution in [3.63, 3.8) is 0 Å². The number of hydrogen-bond donors (Lipinski definition) is 1. The Bertz CT molecular complexity index is 497. The summed E-state index contributed by atoms with van der Waals surface area (Å²) in [6, 6.07) is 1.95. The van der Waals surface area contributed by atoms with Gasteiger partial charge in [0.1, 0.15) is 11.5 Å². The van der Waals surface area contributed by atoms with Crippen molar-refractivity contribution < 1.29 is 8.94 Å². The van der Waals surface area contributed by atoms with E-state index in [2.05, 4.69) is 12.1 Å². The number of nitrogens with two attached hydrogens (primary N) is 1. The third-order valence-corrected chi connectivity index (χ3v) is 2.60. The van der Waals surface area contributed by atoms with Crippen LogP contribution in [-0.4, -0.2) is 5.16 Å². The second-order valence-corrected chi connectivity index (χ2v) is 3.95. The molecule has 2 aromatic heterocycles. The molecular weight excluding hydrogens is 204 g/mol. The zero-order chi connectivity index (χ0) is 11.7. The second-order valence-electron chi connectivity index (χ2n) is 3.95. The number of anilines is 1. The van der Waals surface area contributed by atoms with Crippen molar-refractivity contribution in [2.75, 3.05) is 5.73 Å². The normalized spacial score (nSPS) is 10.9. The van der Waals surface area contributed by atoms with Gasteiger partial charge in [0.05, 0.1) is 5.56 Å². The number of nitrogens with zero attached hydrogens (tertiary/aromatic N) is 1. The lowest BCUT2D eigenvalue weighted by molar-refractivity contribution is 0.433. The first-order chi connectivity index (χ1) is 7.63. The van der Waals surface area contributed by atoms with Gasteiger partial charge < -0.3 is 14.7 Å². The van der Waals surface area contributed by atoms with E-state index in [-0.39, 0.29) is 0 Å². The first kappa shape index (κ1) is 10.8. The van der Waals surface area contributed by atoms with Crippen molar-refractivity contribution in [2.24, 2.45) is 0 Å². The van der Waals surface area contributed by atoms with Crippen LogP contribution in [0.4, 0.5) is 5.82 Å². The van der Waals surface area contributed by atoms with E-state index < -0.39 is 0 Å². The van der Waals surface area contributed by atoms with Crippen LogP contribution < -0.4 is 5.73 Å². The van der Waals surface area contributed by atoms with Gasteiger partial charge in [0.2, 0.25) is 0 Å². The zero-order valence-electron chi connectivity index (χ0n) is 9.83. The molecule has 0 unspecified atom stereocenters. The molecule has 0 saturated carbocycles. The van der Waals surface area contributed by atoms with Crippen molar-refractivity contribution in [1.82, 2.24) is 5.16 Å². The molecule has 0 amide bonds. The van der Waals surface area contributed by atoms with Gasteiger partial charge in [-0.25, -0.2) is 0 Å². The van der Waals surface area contributed by atoms with Crippen LogP contribution in [0.1, 0.15) is 30.4 Å². The van der Waals surface area contributed by atoms with Gasteiger partial charge in [-0.05, 0) is 26.3 Å². The first-order valence-electron chi connectivity index (χ1n) is 5.45. The standard InChI is InChI=1S/C12H16N2O2/c1-4-5-9-11(16-14-12(9)13)10-6-7(2)15-8(10)3/h6H,4-5H2,1-3H3,(H2,13,14). The molecule has 0 aliphatic carbocycles. The van der Waals surface area contributed by atoms with Gasteiger partial charge in [-0.3, -0.25) is 0 Å². The summed E-state index contributed by atoms with van der Waals surface area (Å²) in [5.74, 6) is 2.93. The summed E-state index contributed by atoms with van der Waals surface area (Å²) in [4.78, 5) is 0. The molecule has 0 atom stereocenters. The Hall–Kier alpha value is -1.71. The molecule has 0 bridgehead atoms. The number of furan rings is 1. The van der Waals surface area contributed by atoms with Crippen LogP contribution >= 0.6 is 0 Å². The fourth-order valence-corrected chi connectivity index (χ4v) is 1.88. The maximum Gasteiger partial charge on any atom is 0.175 e. The van der Waals surface area contributed by atoms with E-state index in [9.17, 15) is 0 Å². The molecule has 2 heterocycles. The Balaban J connectivity index is 2.51. The van der Waals surface area contributed by atoms with Gasteiger partial charge in [-0.2, -0.15) is 0 Å². The highest BCUT2D eigenvalue weighted by Crippen LogP contribution is 2.32. The molecule has 0 spiro atoms. The lowest BCUT2D eigenvalue weighted by Crippen LogP contribution is -1.92. The van der Waals surface area contributed by atoms with Gasteiger partial charge in [-0.15, -0.1) is 0 Å². The fourth-order valence-electron chi connectivity index (χ4n) is 1.88. The average molecular weight is 220 g/mol. The summed E-state index contributed by atoms with van der Waals surface area (Å²) in [5.41, 5.74) is 7.71. The molecule has 0 radical (unpaired) electrons. The van der Waals surface area contributed by atoms with E-state index in [1.54, 1.807) is 0 Å². The largest absolute Gasteiger partial charge is 0.466 e. The lowest BCUT2D eigenvalue weighted by atomic mass is 10.1. The predicted molar refractivity (Wildman–Crippen MR) is 62.1 cm³/mol. The van der Waals surface area contributed by atoms with Crippen molar-refractivity contribution in [2.45, 2.75) is 33.6 Å². The van der Waals surface area contributed by atoms with E-state index in [4.69, 9.17) is 14.7 Å². The Labute approximate surface area is 94.4 Å². The molecule has 2 aromatic rings. The predicted octanol–water partition coefficient (Wildman–Crippen LogP) is 3.09. The average Bonchev–Trinajstić information content (AvgIpc) is 2.73. The number of aromatic nitrogens is 1. The highest BCUT2D eigenvalue weighted by Gasteiger charge is 2.18. The minimum atomic E-state index is 0.482. The minimum absolute atomic E-state index is 0.482. The Kier molecular flexibility index (Phi) is 2.73. The molecule has 2 N–H and O–H groups in total. The van der Waals surface area contributed by atoms with Gasteiger partial charge in [-0.1, -0.05) is 18.5 Å². The molecule has 16 heavy (non-hydrogen) atoms. The molecule has 0 aliphatic heterocycles. The van der Waals surface area contributed by atoms with Crippen molar-refractivity contribution in [1.29, 1.82) is 0 Å². The van der Waals surface area contributed by atoms with Crippen LogP contribution in [0.3, 0.4) is 0 Å². The summed E-state index contributed by atoms with van der Waals surface area (Å²) < 4.78 is 10.8. The van der Waals surface area contributed by atoms with E-state index in [1.165, 1.54) is 0 Å². The molecule has 86 valence electrons. The maximum absolute atomic E-state index is 5.79. The van der Waals surface area contributed by atoms with E-state index >= 15 is 0 Å². The molecule has 0 aromatic carbocycles. The highest BCUT2D eigenvalue weighted by atomic mass is 16.5. The minimum Gasteiger partial charge on any atom is -0.466 e. The quantitative estimate of drug-likeness (QED) is 0.863. The van der Waals surface area contributed by atoms with Gasteiger partial charge >= 0.3 is 0 Å². The summed E-state index contributed by atoms with van der Waals surface area (Å²) in [7, 11) is 0. The van der Waals surface area contributed by atoms with Crippen LogP contribution in [0.25, 0.3) is 11.3 Å². The number of rotatable bonds is 3. The summed E-state index contributed by atoms with van der Waals surface area (Å²) >= 11 is 0. The lowest BCUT2D eigenvalue weighted by Gasteiger charge is -1.98. The molecule has 2 rings (SSSR count). The monoisotopic (exact) mass is 220 g/mol. The molecule has 0 aliphatic rings. The summed E-state index contributed by atoms with van der Waals surface area (Å²) in [6.45, 7) is 5.93. The molecule has 4 nitrogen and oxygen atoms in total. The summed E-state index contributed by atoms with van der Waals surface area (Å²) in [5, 5.41) is 3.82. The van der Waals surface area contributed by atoms with Crippen LogP contribution in [0.2, 0.25) is 0 Å². The van der Waals surface area contributed by atoms with Crippen LogP contribution in [0.5, 0.6) is 0 Å². The third-order valence-electron chi connectivity index (χ3n) is 2.60. The number of aryl methyl sites for hydroxylation is 2. The second kappa shape index (κ2) is 4.04. The van der Waals surface area contributed by atoms with Gasteiger partial charge in [0, 0.05) is 5.56 Å². The van der Waals surface area contributed by atoms with Crippen molar-refractivity contribution in [3.05, 3.63) is 23.2 Å². The van der Waals surface area contributed by atoms with Crippen LogP contribution in [-0.2, 0) is 6.42 Å². The van der Waals surface area contributed by atoms with Crippen LogP contribution in [0.15, 0.2) is 15.0 Å². The smallest absolute Gasteiger partial charge is 0.175 e. The number of nitrogen functional groups attached to an aromatic ring is 1. The van der Waals surface area contributed by atoms with E-state index in [0.717, 1.165) is 41.2 Å². The zero-order valence-corrected chi connectivity index (χ0v) is 9.83. The first-order valence-corrected chi connectivity index (χ1v) is 5.45. The molecule has 4 heteroatoms. The van der Waals surface area contributed by atoms with Crippen molar-refractivity contribution >= 4 is 5.82 Å². The molecular formula is C12H16N2O2. The Morgan fingerprint density at radius 2 is 2.12 bits per heavy atom. The van der Waals surface area contributed by atoms with E-state index in [1.807, 2.05) is 19.9 Å².